The zero-order chi connectivity index (χ0) is 8.65. The second-order valence-electron chi connectivity index (χ2n) is 3.00. The molecule has 68 valence electrons. The number of hydrogen-bond acceptors (Lipinski definition) is 2. The summed E-state index contributed by atoms with van der Waals surface area (Å²) in [4.78, 5) is 0. The van der Waals surface area contributed by atoms with E-state index in [1.165, 1.54) is 19.3 Å². The second-order valence-corrected chi connectivity index (χ2v) is 3.00. The van der Waals surface area contributed by atoms with E-state index in [2.05, 4.69) is 11.8 Å². The van der Waals surface area contributed by atoms with Crippen LogP contribution in [0.4, 0.5) is 0 Å². The number of ether oxygens (including phenoxy) is 1. The van der Waals surface area contributed by atoms with Gasteiger partial charge in [-0.05, 0) is 19.3 Å². The van der Waals surface area contributed by atoms with Crippen LogP contribution in [-0.4, -0.2) is 24.4 Å². The summed E-state index contributed by atoms with van der Waals surface area (Å²) in [7, 11) is 0. The molecular formula is C10H16O2. The molecule has 0 saturated carbocycles. The minimum Gasteiger partial charge on any atom is -0.394 e. The smallest absolute Gasteiger partial charge is 0.118 e. The lowest BCUT2D eigenvalue weighted by atomic mass is 10.1. The quantitative estimate of drug-likeness (QED) is 0.644. The molecule has 1 aliphatic rings. The Bertz CT molecular complexity index is 166. The zero-order valence-electron chi connectivity index (χ0n) is 7.38. The highest BCUT2D eigenvalue weighted by Gasteiger charge is 2.05. The fraction of sp³-hybridized carbons (Fsp3) is 0.800. The van der Waals surface area contributed by atoms with Crippen LogP contribution in [0.2, 0.25) is 0 Å². The Morgan fingerprint density at radius 3 is 3.08 bits per heavy atom. The molecule has 0 saturated heterocycles. The van der Waals surface area contributed by atoms with Crippen LogP contribution in [0.15, 0.2) is 0 Å². The van der Waals surface area contributed by atoms with Crippen molar-refractivity contribution >= 4 is 0 Å². The van der Waals surface area contributed by atoms with Crippen molar-refractivity contribution in [3.05, 3.63) is 0 Å². The highest BCUT2D eigenvalue weighted by Crippen LogP contribution is 2.10. The fourth-order valence-electron chi connectivity index (χ4n) is 1.30. The molecule has 2 heteroatoms. The van der Waals surface area contributed by atoms with E-state index in [1.54, 1.807) is 0 Å². The normalized spacial score (nSPS) is 23.6. The van der Waals surface area contributed by atoms with Gasteiger partial charge in [0.1, 0.15) is 6.10 Å². The van der Waals surface area contributed by atoms with E-state index in [1.807, 2.05) is 0 Å². The molecule has 1 aliphatic carbocycles. The van der Waals surface area contributed by atoms with Crippen molar-refractivity contribution in [2.75, 3.05) is 13.2 Å². The summed E-state index contributed by atoms with van der Waals surface area (Å²) in [5.41, 5.74) is 0. The van der Waals surface area contributed by atoms with Crippen LogP contribution < -0.4 is 0 Å². The van der Waals surface area contributed by atoms with Crippen molar-refractivity contribution in [1.82, 2.24) is 0 Å². The highest BCUT2D eigenvalue weighted by atomic mass is 16.5. The van der Waals surface area contributed by atoms with E-state index in [0.717, 1.165) is 12.8 Å². The maximum Gasteiger partial charge on any atom is 0.118 e. The molecule has 0 heterocycles. The van der Waals surface area contributed by atoms with E-state index < -0.39 is 0 Å². The average molecular weight is 168 g/mol. The van der Waals surface area contributed by atoms with E-state index in [-0.39, 0.29) is 12.7 Å². The number of aliphatic hydroxyl groups excluding tert-OH is 1. The Hall–Kier alpha value is -0.520. The van der Waals surface area contributed by atoms with Crippen LogP contribution in [0.25, 0.3) is 0 Å². The highest BCUT2D eigenvalue weighted by molar-refractivity contribution is 5.05. The maximum absolute atomic E-state index is 8.55. The first-order valence-electron chi connectivity index (χ1n) is 4.64. The molecular weight excluding hydrogens is 152 g/mol. The Labute approximate surface area is 73.9 Å². The monoisotopic (exact) mass is 168 g/mol. The van der Waals surface area contributed by atoms with Gasteiger partial charge in [-0.15, -0.1) is 5.92 Å². The van der Waals surface area contributed by atoms with Gasteiger partial charge in [-0.25, -0.2) is 0 Å². The minimum absolute atomic E-state index is 0.0671. The summed E-state index contributed by atoms with van der Waals surface area (Å²) in [6, 6.07) is 0. The van der Waals surface area contributed by atoms with E-state index in [0.29, 0.717) is 6.61 Å². The lowest BCUT2D eigenvalue weighted by Gasteiger charge is -2.12. The molecule has 0 aromatic heterocycles. The Balaban J connectivity index is 2.28. The van der Waals surface area contributed by atoms with E-state index in [9.17, 15) is 0 Å². The molecule has 1 atom stereocenters. The van der Waals surface area contributed by atoms with Gasteiger partial charge >= 0.3 is 0 Å². The second kappa shape index (κ2) is 6.05. The van der Waals surface area contributed by atoms with Crippen molar-refractivity contribution in [3.8, 4) is 11.8 Å². The van der Waals surface area contributed by atoms with Crippen LogP contribution in [0.3, 0.4) is 0 Å². The first kappa shape index (κ1) is 9.57. The number of rotatable bonds is 3. The molecule has 0 bridgehead atoms. The van der Waals surface area contributed by atoms with Crippen molar-refractivity contribution in [1.29, 1.82) is 0 Å². The number of aliphatic hydroxyl groups is 1. The topological polar surface area (TPSA) is 29.5 Å². The molecule has 0 spiro atoms. The first-order valence-corrected chi connectivity index (χ1v) is 4.64. The Morgan fingerprint density at radius 2 is 2.25 bits per heavy atom. The molecule has 2 nitrogen and oxygen atoms in total. The van der Waals surface area contributed by atoms with Crippen molar-refractivity contribution < 1.29 is 9.84 Å². The molecule has 0 radical (unpaired) electrons. The summed E-state index contributed by atoms with van der Waals surface area (Å²) in [5, 5.41) is 8.55. The van der Waals surface area contributed by atoms with Crippen molar-refractivity contribution in [2.45, 2.75) is 38.2 Å². The molecule has 0 amide bonds. The van der Waals surface area contributed by atoms with Crippen LogP contribution in [0.5, 0.6) is 0 Å². The van der Waals surface area contributed by atoms with E-state index in [4.69, 9.17) is 9.84 Å². The summed E-state index contributed by atoms with van der Waals surface area (Å²) < 4.78 is 5.34. The van der Waals surface area contributed by atoms with Gasteiger partial charge in [-0.2, -0.15) is 0 Å². The third-order valence-electron chi connectivity index (χ3n) is 1.94. The number of hydrogen-bond donors (Lipinski definition) is 1. The maximum atomic E-state index is 8.55. The Morgan fingerprint density at radius 1 is 1.33 bits per heavy atom. The fourth-order valence-corrected chi connectivity index (χ4v) is 1.30. The SMILES string of the molecule is OCCOC1C#CCCCCC1. The summed E-state index contributed by atoms with van der Waals surface area (Å²) in [6.45, 7) is 0.511. The zero-order valence-corrected chi connectivity index (χ0v) is 7.38. The standard InChI is InChI=1S/C10H16O2/c11-8-9-12-10-6-4-2-1-3-5-7-10/h10-11H,1-4,6,8-9H2. The molecule has 0 aromatic rings. The van der Waals surface area contributed by atoms with Gasteiger partial charge in [-0.1, -0.05) is 12.3 Å². The van der Waals surface area contributed by atoms with Gasteiger partial charge in [-0.3, -0.25) is 0 Å². The molecule has 12 heavy (non-hydrogen) atoms. The molecule has 1 N–H and O–H groups in total. The van der Waals surface area contributed by atoms with Gasteiger partial charge in [0.25, 0.3) is 0 Å². The van der Waals surface area contributed by atoms with Crippen molar-refractivity contribution in [3.63, 3.8) is 0 Å². The molecule has 0 aromatic carbocycles. The van der Waals surface area contributed by atoms with Crippen LogP contribution >= 0.6 is 0 Å². The molecule has 1 rings (SSSR count). The third kappa shape index (κ3) is 3.75. The minimum atomic E-state index is 0.0671. The predicted octanol–water partition coefficient (Wildman–Crippen LogP) is 1.33. The Kier molecular flexibility index (Phi) is 4.82. The largest absolute Gasteiger partial charge is 0.394 e. The van der Waals surface area contributed by atoms with Crippen LogP contribution in [-0.2, 0) is 4.74 Å². The summed E-state index contributed by atoms with van der Waals surface area (Å²) in [5.74, 6) is 6.16. The van der Waals surface area contributed by atoms with Crippen molar-refractivity contribution in [2.24, 2.45) is 0 Å². The van der Waals surface area contributed by atoms with Gasteiger partial charge < -0.3 is 9.84 Å². The van der Waals surface area contributed by atoms with Gasteiger partial charge in [0.2, 0.25) is 0 Å². The first-order chi connectivity index (χ1) is 5.93. The van der Waals surface area contributed by atoms with Crippen LogP contribution in [0.1, 0.15) is 32.1 Å². The summed E-state index contributed by atoms with van der Waals surface area (Å²) in [6.07, 6.45) is 5.77. The molecule has 1 unspecified atom stereocenters. The molecule has 0 aliphatic heterocycles. The van der Waals surface area contributed by atoms with E-state index >= 15 is 0 Å². The van der Waals surface area contributed by atoms with Gasteiger partial charge in [0.15, 0.2) is 0 Å². The average Bonchev–Trinajstić information content (AvgIpc) is 2.02. The lowest BCUT2D eigenvalue weighted by Crippen LogP contribution is -2.14. The predicted molar refractivity (Wildman–Crippen MR) is 47.7 cm³/mol. The molecule has 0 fully saturated rings. The summed E-state index contributed by atoms with van der Waals surface area (Å²) >= 11 is 0. The van der Waals surface area contributed by atoms with Gasteiger partial charge in [0.05, 0.1) is 13.2 Å². The van der Waals surface area contributed by atoms with Crippen LogP contribution in [0, 0.1) is 11.8 Å². The third-order valence-corrected chi connectivity index (χ3v) is 1.94. The lowest BCUT2D eigenvalue weighted by molar-refractivity contribution is 0.0536. The van der Waals surface area contributed by atoms with Gasteiger partial charge in [0, 0.05) is 6.42 Å².